The van der Waals surface area contributed by atoms with Gasteiger partial charge in [-0.2, -0.15) is 11.8 Å². The van der Waals surface area contributed by atoms with E-state index in [-0.39, 0.29) is 24.3 Å². The highest BCUT2D eigenvalue weighted by molar-refractivity contribution is 7.98. The van der Waals surface area contributed by atoms with E-state index in [1.165, 1.54) is 0 Å². The summed E-state index contributed by atoms with van der Waals surface area (Å²) in [6, 6.07) is 7.18. The summed E-state index contributed by atoms with van der Waals surface area (Å²) < 4.78 is 6.77. The third-order valence-electron chi connectivity index (χ3n) is 7.47. The number of ether oxygens (including phenoxy) is 1. The van der Waals surface area contributed by atoms with E-state index < -0.39 is 11.6 Å². The first-order valence-electron chi connectivity index (χ1n) is 12.4. The maximum absolute atomic E-state index is 13.4. The Balaban J connectivity index is 1.53. The average Bonchev–Trinajstić information content (AvgIpc) is 3.24. The predicted molar refractivity (Wildman–Crippen MR) is 140 cm³/mol. The Kier molecular flexibility index (Phi) is 6.57. The van der Waals surface area contributed by atoms with Gasteiger partial charge in [0.2, 0.25) is 0 Å². The van der Waals surface area contributed by atoms with Crippen LogP contribution < -0.4 is 5.56 Å². The second-order valence-electron chi connectivity index (χ2n) is 9.31. The highest BCUT2D eigenvalue weighted by atomic mass is 32.2. The Morgan fingerprint density at radius 2 is 1.97 bits per heavy atom. The average molecular weight is 510 g/mol. The van der Waals surface area contributed by atoms with E-state index >= 15 is 0 Å². The number of cyclic esters (lactones) is 1. The molecule has 0 saturated carbocycles. The molecule has 5 rings (SSSR count). The molecule has 0 spiro atoms. The SMILES string of the molecule is CCN(CC)CCSCc1c(O)ccc2nc3c(cc12)Cn1c-3cc2c(c1=O)COC(=O)[C@]2(O)CC. The predicted octanol–water partition coefficient (Wildman–Crippen LogP) is 3.36. The zero-order chi connectivity index (χ0) is 25.6. The standard InChI is InChI=1S/C27H31N3O5S/c1-4-27(34)20-12-22-24-16(13-30(22)25(32)18(20)14-35-26(27)33)11-17-19(23(31)8-7-21(17)28-24)15-36-10-9-29(5-2)6-3/h7-8,11-12,31,34H,4-6,9-10,13-15H2,1-3H3/t27-/m0/s1. The maximum Gasteiger partial charge on any atom is 0.343 e. The molecule has 0 saturated heterocycles. The van der Waals surface area contributed by atoms with Gasteiger partial charge < -0.3 is 24.4 Å². The number of phenolic OH excluding ortho intramolecular Hbond substituents is 1. The van der Waals surface area contributed by atoms with Gasteiger partial charge in [0.1, 0.15) is 12.4 Å². The zero-order valence-electron chi connectivity index (χ0n) is 20.8. The van der Waals surface area contributed by atoms with Crippen LogP contribution in [0.25, 0.3) is 22.3 Å². The van der Waals surface area contributed by atoms with Crippen LogP contribution in [0.4, 0.5) is 0 Å². The number of phenols is 1. The lowest BCUT2D eigenvalue weighted by Crippen LogP contribution is -2.44. The van der Waals surface area contributed by atoms with Crippen LogP contribution in [0.5, 0.6) is 5.75 Å². The summed E-state index contributed by atoms with van der Waals surface area (Å²) in [7, 11) is 0. The molecule has 1 aromatic carbocycles. The molecule has 0 fully saturated rings. The van der Waals surface area contributed by atoms with Gasteiger partial charge in [0.25, 0.3) is 5.56 Å². The molecule has 8 nitrogen and oxygen atoms in total. The fourth-order valence-electron chi connectivity index (χ4n) is 5.16. The van der Waals surface area contributed by atoms with E-state index in [4.69, 9.17) is 9.72 Å². The minimum Gasteiger partial charge on any atom is -0.508 e. The number of carbonyl (C=O) groups excluding carboxylic acids is 1. The van der Waals surface area contributed by atoms with E-state index in [1.807, 2.05) is 6.07 Å². The number of esters is 1. The molecule has 0 bridgehead atoms. The maximum atomic E-state index is 13.4. The first-order chi connectivity index (χ1) is 17.3. The molecule has 0 unspecified atom stereocenters. The van der Waals surface area contributed by atoms with Crippen LogP contribution in [-0.2, 0) is 34.0 Å². The number of rotatable bonds is 8. The van der Waals surface area contributed by atoms with E-state index in [9.17, 15) is 19.8 Å². The molecule has 36 heavy (non-hydrogen) atoms. The first kappa shape index (κ1) is 24.8. The normalized spacial score (nSPS) is 18.3. The Labute approximate surface area is 213 Å². The molecule has 0 aliphatic carbocycles. The minimum atomic E-state index is -1.84. The third kappa shape index (κ3) is 3.90. The fraction of sp³-hybridized carbons (Fsp3) is 0.444. The van der Waals surface area contributed by atoms with Crippen LogP contribution in [0.15, 0.2) is 29.1 Å². The second-order valence-corrected chi connectivity index (χ2v) is 10.4. The van der Waals surface area contributed by atoms with Crippen molar-refractivity contribution in [2.24, 2.45) is 0 Å². The van der Waals surface area contributed by atoms with Gasteiger partial charge in [-0.1, -0.05) is 20.8 Å². The quantitative estimate of drug-likeness (QED) is 0.275. The van der Waals surface area contributed by atoms with Crippen LogP contribution in [0.3, 0.4) is 0 Å². The van der Waals surface area contributed by atoms with E-state index in [0.29, 0.717) is 34.8 Å². The number of benzene rings is 1. The van der Waals surface area contributed by atoms with Gasteiger partial charge in [-0.05, 0) is 43.8 Å². The number of hydrogen-bond donors (Lipinski definition) is 2. The largest absolute Gasteiger partial charge is 0.508 e. The molecule has 1 atom stereocenters. The van der Waals surface area contributed by atoms with E-state index in [1.54, 1.807) is 41.5 Å². The van der Waals surface area contributed by atoms with Crippen molar-refractivity contribution in [2.75, 3.05) is 25.4 Å². The number of aromatic hydroxyl groups is 1. The van der Waals surface area contributed by atoms with Gasteiger partial charge >= 0.3 is 5.97 Å². The molecule has 2 aliphatic heterocycles. The Morgan fingerprint density at radius 1 is 1.19 bits per heavy atom. The topological polar surface area (TPSA) is 105 Å². The van der Waals surface area contributed by atoms with Crippen molar-refractivity contribution in [1.82, 2.24) is 14.5 Å². The van der Waals surface area contributed by atoms with Gasteiger partial charge in [-0.3, -0.25) is 4.79 Å². The molecule has 9 heteroatoms. The summed E-state index contributed by atoms with van der Waals surface area (Å²) in [5, 5.41) is 22.6. The van der Waals surface area contributed by atoms with E-state index in [2.05, 4.69) is 18.7 Å². The number of nitrogens with zero attached hydrogens (tertiary/aromatic N) is 3. The van der Waals surface area contributed by atoms with Crippen molar-refractivity contribution in [3.05, 3.63) is 56.9 Å². The number of hydrogen-bond acceptors (Lipinski definition) is 8. The summed E-state index contributed by atoms with van der Waals surface area (Å²) in [6.07, 6.45) is 0.105. The van der Waals surface area contributed by atoms with Gasteiger partial charge in [0.15, 0.2) is 5.60 Å². The number of carbonyl (C=O) groups is 1. The van der Waals surface area contributed by atoms with Crippen molar-refractivity contribution in [2.45, 2.75) is 51.7 Å². The summed E-state index contributed by atoms with van der Waals surface area (Å²) in [6.45, 7) is 9.23. The third-order valence-corrected chi connectivity index (χ3v) is 8.43. The van der Waals surface area contributed by atoms with Crippen LogP contribution in [0.1, 0.15) is 49.4 Å². The van der Waals surface area contributed by atoms with Crippen molar-refractivity contribution in [3.63, 3.8) is 0 Å². The molecule has 190 valence electrons. The Hall–Kier alpha value is -2.88. The van der Waals surface area contributed by atoms with Gasteiger partial charge in [-0.25, -0.2) is 9.78 Å². The fourth-order valence-corrected chi connectivity index (χ4v) is 6.20. The molecular weight excluding hydrogens is 478 g/mol. The molecular formula is C27H31N3O5S. The van der Waals surface area contributed by atoms with Crippen molar-refractivity contribution in [1.29, 1.82) is 0 Å². The molecule has 2 aliphatic rings. The molecule has 0 amide bonds. The summed E-state index contributed by atoms with van der Waals surface area (Å²) in [5.74, 6) is 1.13. The number of thioether (sulfide) groups is 1. The van der Waals surface area contributed by atoms with Crippen LogP contribution in [0.2, 0.25) is 0 Å². The second kappa shape index (κ2) is 9.53. The first-order valence-corrected chi connectivity index (χ1v) is 13.6. The smallest absolute Gasteiger partial charge is 0.343 e. The lowest BCUT2D eigenvalue weighted by molar-refractivity contribution is -0.172. The van der Waals surface area contributed by atoms with Gasteiger partial charge in [0, 0.05) is 40.1 Å². The molecule has 3 aromatic rings. The summed E-state index contributed by atoms with van der Waals surface area (Å²) in [5.41, 5.74) is 2.18. The van der Waals surface area contributed by atoms with Crippen molar-refractivity contribution in [3.8, 4) is 17.1 Å². The molecule has 2 N–H and O–H groups in total. The number of aromatic nitrogens is 2. The van der Waals surface area contributed by atoms with Crippen LogP contribution in [-0.4, -0.2) is 56.0 Å². The monoisotopic (exact) mass is 509 g/mol. The van der Waals surface area contributed by atoms with Crippen LogP contribution in [0, 0.1) is 0 Å². The van der Waals surface area contributed by atoms with Crippen molar-refractivity contribution < 1.29 is 19.7 Å². The van der Waals surface area contributed by atoms with E-state index in [0.717, 1.165) is 47.4 Å². The minimum absolute atomic E-state index is 0.105. The van der Waals surface area contributed by atoms with Gasteiger partial charge in [-0.15, -0.1) is 0 Å². The summed E-state index contributed by atoms with van der Waals surface area (Å²) >= 11 is 1.78. The Bertz CT molecular complexity index is 1420. The molecule has 2 aromatic heterocycles. The highest BCUT2D eigenvalue weighted by Crippen LogP contribution is 2.40. The number of aliphatic hydroxyl groups is 1. The highest BCUT2D eigenvalue weighted by Gasteiger charge is 2.45. The lowest BCUT2D eigenvalue weighted by atomic mass is 9.86. The molecule has 4 heterocycles. The zero-order valence-corrected chi connectivity index (χ0v) is 21.7. The number of fused-ring (bicyclic) bond motifs is 5. The van der Waals surface area contributed by atoms with Gasteiger partial charge in [0.05, 0.1) is 29.0 Å². The number of pyridine rings is 2. The Morgan fingerprint density at radius 3 is 2.69 bits per heavy atom. The molecule has 0 radical (unpaired) electrons. The lowest BCUT2D eigenvalue weighted by Gasteiger charge is -2.31. The van der Waals surface area contributed by atoms with Crippen molar-refractivity contribution >= 4 is 28.6 Å². The van der Waals surface area contributed by atoms with Crippen LogP contribution >= 0.6 is 11.8 Å². The summed E-state index contributed by atoms with van der Waals surface area (Å²) in [4.78, 5) is 33.0.